The highest BCUT2D eigenvalue weighted by molar-refractivity contribution is 7.89. The Morgan fingerprint density at radius 2 is 1.90 bits per heavy atom. The van der Waals surface area contributed by atoms with E-state index in [9.17, 15) is 13.2 Å². The number of carbonyl (C=O) groups excluding carboxylic acids is 1. The second-order valence-corrected chi connectivity index (χ2v) is 7.43. The first-order valence-corrected chi connectivity index (χ1v) is 8.28. The Morgan fingerprint density at radius 3 is 2.43 bits per heavy atom. The zero-order valence-corrected chi connectivity index (χ0v) is 13.3. The minimum atomic E-state index is -3.71. The van der Waals surface area contributed by atoms with Gasteiger partial charge in [0.15, 0.2) is 0 Å². The minimum Gasteiger partial charge on any atom is -0.373 e. The van der Waals surface area contributed by atoms with E-state index in [-0.39, 0.29) is 40.8 Å². The van der Waals surface area contributed by atoms with Gasteiger partial charge in [-0.1, -0.05) is 11.6 Å². The number of ether oxygens (including phenoxy) is 1. The van der Waals surface area contributed by atoms with Crippen molar-refractivity contribution in [3.05, 3.63) is 28.8 Å². The Labute approximate surface area is 128 Å². The molecule has 21 heavy (non-hydrogen) atoms. The van der Waals surface area contributed by atoms with Crippen molar-refractivity contribution in [2.45, 2.75) is 31.0 Å². The molecular formula is C13H17ClN2O4S. The van der Waals surface area contributed by atoms with Crippen LogP contribution in [0.25, 0.3) is 0 Å². The lowest BCUT2D eigenvalue weighted by atomic mass is 10.2. The molecule has 0 radical (unpaired) electrons. The van der Waals surface area contributed by atoms with Gasteiger partial charge in [-0.15, -0.1) is 0 Å². The highest BCUT2D eigenvalue weighted by Gasteiger charge is 2.32. The van der Waals surface area contributed by atoms with Gasteiger partial charge in [-0.25, -0.2) is 8.42 Å². The molecule has 116 valence electrons. The maximum atomic E-state index is 12.6. The van der Waals surface area contributed by atoms with Crippen molar-refractivity contribution >= 4 is 27.5 Å². The molecule has 0 spiro atoms. The molecule has 2 atom stereocenters. The van der Waals surface area contributed by atoms with Crippen molar-refractivity contribution in [2.24, 2.45) is 5.73 Å². The number of primary amides is 1. The molecule has 0 bridgehead atoms. The van der Waals surface area contributed by atoms with Gasteiger partial charge < -0.3 is 10.5 Å². The van der Waals surface area contributed by atoms with Crippen molar-refractivity contribution in [2.75, 3.05) is 13.1 Å². The third kappa shape index (κ3) is 3.37. The minimum absolute atomic E-state index is 0.00185. The molecule has 0 saturated carbocycles. The predicted octanol–water partition coefficient (Wildman–Crippen LogP) is 1.24. The van der Waals surface area contributed by atoms with Crippen molar-refractivity contribution in [3.63, 3.8) is 0 Å². The third-order valence-electron chi connectivity index (χ3n) is 3.23. The Balaban J connectivity index is 2.40. The third-order valence-corrected chi connectivity index (χ3v) is 5.38. The molecule has 1 aromatic carbocycles. The van der Waals surface area contributed by atoms with E-state index in [2.05, 4.69) is 0 Å². The maximum absolute atomic E-state index is 12.6. The molecule has 1 aliphatic heterocycles. The van der Waals surface area contributed by atoms with Crippen LogP contribution in [0, 0.1) is 0 Å². The van der Waals surface area contributed by atoms with E-state index in [0.29, 0.717) is 0 Å². The zero-order valence-electron chi connectivity index (χ0n) is 11.7. The van der Waals surface area contributed by atoms with Crippen molar-refractivity contribution < 1.29 is 17.9 Å². The number of nitrogens with two attached hydrogens (primary N) is 1. The van der Waals surface area contributed by atoms with Gasteiger partial charge in [0.2, 0.25) is 15.9 Å². The number of halogens is 1. The number of hydrogen-bond donors (Lipinski definition) is 1. The fraction of sp³-hybridized carbons (Fsp3) is 0.462. The summed E-state index contributed by atoms with van der Waals surface area (Å²) in [4.78, 5) is 11.3. The van der Waals surface area contributed by atoms with Gasteiger partial charge in [-0.3, -0.25) is 4.79 Å². The van der Waals surface area contributed by atoms with Crippen LogP contribution in [0.3, 0.4) is 0 Å². The number of sulfonamides is 1. The van der Waals surface area contributed by atoms with Crippen LogP contribution >= 0.6 is 11.6 Å². The smallest absolute Gasteiger partial charge is 0.250 e. The zero-order chi connectivity index (χ0) is 15.8. The number of hydrogen-bond acceptors (Lipinski definition) is 4. The second kappa shape index (κ2) is 5.92. The monoisotopic (exact) mass is 332 g/mol. The quantitative estimate of drug-likeness (QED) is 0.901. The van der Waals surface area contributed by atoms with Crippen LogP contribution in [0.5, 0.6) is 0 Å². The van der Waals surface area contributed by atoms with E-state index in [4.69, 9.17) is 22.1 Å². The first-order valence-electron chi connectivity index (χ1n) is 6.46. The number of benzene rings is 1. The van der Waals surface area contributed by atoms with Gasteiger partial charge in [0, 0.05) is 13.1 Å². The lowest BCUT2D eigenvalue weighted by molar-refractivity contribution is -0.0440. The van der Waals surface area contributed by atoms with Gasteiger partial charge in [0.1, 0.15) is 0 Å². The molecule has 6 nitrogen and oxygen atoms in total. The SMILES string of the molecule is C[C@H]1CN(S(=O)(=O)c2ccc(Cl)c(C(N)=O)c2)C[C@H](C)O1. The van der Waals surface area contributed by atoms with Gasteiger partial charge in [0.05, 0.1) is 27.7 Å². The summed E-state index contributed by atoms with van der Waals surface area (Å²) in [6.45, 7) is 4.16. The fourth-order valence-electron chi connectivity index (χ4n) is 2.33. The molecule has 8 heteroatoms. The van der Waals surface area contributed by atoms with E-state index in [1.54, 1.807) is 0 Å². The first kappa shape index (κ1) is 16.2. The molecule has 1 amide bonds. The van der Waals surface area contributed by atoms with Gasteiger partial charge in [-0.05, 0) is 32.0 Å². The van der Waals surface area contributed by atoms with E-state index in [1.807, 2.05) is 13.8 Å². The van der Waals surface area contributed by atoms with Crippen LogP contribution < -0.4 is 5.73 Å². The first-order chi connectivity index (χ1) is 9.71. The van der Waals surface area contributed by atoms with Crippen molar-refractivity contribution in [3.8, 4) is 0 Å². The fourth-order valence-corrected chi connectivity index (χ4v) is 4.16. The van der Waals surface area contributed by atoms with E-state index in [0.717, 1.165) is 0 Å². The summed E-state index contributed by atoms with van der Waals surface area (Å²) in [6, 6.07) is 3.95. The number of nitrogens with zero attached hydrogens (tertiary/aromatic N) is 1. The average Bonchev–Trinajstić information content (AvgIpc) is 2.37. The van der Waals surface area contributed by atoms with Crippen LogP contribution in [0.15, 0.2) is 23.1 Å². The molecule has 1 saturated heterocycles. The maximum Gasteiger partial charge on any atom is 0.250 e. The molecule has 0 aromatic heterocycles. The molecule has 1 fully saturated rings. The van der Waals surface area contributed by atoms with Crippen LogP contribution in [-0.2, 0) is 14.8 Å². The van der Waals surface area contributed by atoms with Crippen LogP contribution in [-0.4, -0.2) is 43.9 Å². The molecule has 1 aliphatic rings. The highest BCUT2D eigenvalue weighted by atomic mass is 35.5. The second-order valence-electron chi connectivity index (χ2n) is 5.09. The predicted molar refractivity (Wildman–Crippen MR) is 78.7 cm³/mol. The molecule has 1 heterocycles. The molecular weight excluding hydrogens is 316 g/mol. The summed E-state index contributed by atoms with van der Waals surface area (Å²) >= 11 is 5.84. The topological polar surface area (TPSA) is 89.7 Å². The number of amides is 1. The lowest BCUT2D eigenvalue weighted by Gasteiger charge is -2.34. The Bertz CT molecular complexity index is 652. The number of rotatable bonds is 3. The van der Waals surface area contributed by atoms with Crippen molar-refractivity contribution in [1.82, 2.24) is 4.31 Å². The summed E-state index contributed by atoms with van der Waals surface area (Å²) in [6.07, 6.45) is -0.377. The van der Waals surface area contributed by atoms with Crippen LogP contribution in [0.1, 0.15) is 24.2 Å². The molecule has 0 aliphatic carbocycles. The van der Waals surface area contributed by atoms with Crippen molar-refractivity contribution in [1.29, 1.82) is 0 Å². The number of morpholine rings is 1. The van der Waals surface area contributed by atoms with E-state index >= 15 is 0 Å². The van der Waals surface area contributed by atoms with Gasteiger partial charge in [0.25, 0.3) is 0 Å². The lowest BCUT2D eigenvalue weighted by Crippen LogP contribution is -2.48. The summed E-state index contributed by atoms with van der Waals surface area (Å²) in [5.74, 6) is -0.763. The molecule has 1 aromatic rings. The van der Waals surface area contributed by atoms with Crippen LogP contribution in [0.2, 0.25) is 5.02 Å². The van der Waals surface area contributed by atoms with Gasteiger partial charge in [-0.2, -0.15) is 4.31 Å². The van der Waals surface area contributed by atoms with Gasteiger partial charge >= 0.3 is 0 Å². The normalized spacial score (nSPS) is 24.0. The van der Waals surface area contributed by atoms with E-state index < -0.39 is 15.9 Å². The standard InChI is InChI=1S/C13H17ClN2O4S/c1-8-6-16(7-9(2)20-8)21(18,19)10-3-4-12(14)11(5-10)13(15)17/h3-5,8-9H,6-7H2,1-2H3,(H2,15,17)/t8-,9-/m0/s1. The molecule has 2 N–H and O–H groups in total. The highest BCUT2D eigenvalue weighted by Crippen LogP contribution is 2.25. The Kier molecular flexibility index (Phi) is 4.57. The summed E-state index contributed by atoms with van der Waals surface area (Å²) in [5.41, 5.74) is 5.19. The molecule has 0 unspecified atom stereocenters. The Hall–Kier alpha value is -1.15. The molecule has 2 rings (SSSR count). The largest absolute Gasteiger partial charge is 0.373 e. The van der Waals surface area contributed by atoms with E-state index in [1.165, 1.54) is 22.5 Å². The average molecular weight is 333 g/mol. The number of carbonyl (C=O) groups is 1. The summed E-state index contributed by atoms with van der Waals surface area (Å²) in [5, 5.41) is 0.130. The summed E-state index contributed by atoms with van der Waals surface area (Å²) < 4.78 is 32.2. The Morgan fingerprint density at radius 1 is 1.33 bits per heavy atom. The summed E-state index contributed by atoms with van der Waals surface area (Å²) in [7, 11) is -3.71. The van der Waals surface area contributed by atoms with Crippen LogP contribution in [0.4, 0.5) is 0 Å².